The molecule has 0 atom stereocenters. The van der Waals surface area contributed by atoms with E-state index in [1.165, 1.54) is 41.3 Å². The van der Waals surface area contributed by atoms with Crippen LogP contribution in [0.25, 0.3) is 64.9 Å². The van der Waals surface area contributed by atoms with E-state index in [2.05, 4.69) is 102 Å². The van der Waals surface area contributed by atoms with Gasteiger partial charge in [-0.25, -0.2) is 0 Å². The van der Waals surface area contributed by atoms with Crippen LogP contribution in [0.4, 0.5) is 0 Å². The first-order chi connectivity index (χ1) is 27.2. The molecule has 0 spiro atoms. The van der Waals surface area contributed by atoms with Crippen molar-refractivity contribution in [1.82, 2.24) is 9.97 Å². The maximum Gasteiger partial charge on any atom is 0.0321 e. The van der Waals surface area contributed by atoms with Gasteiger partial charge in [-0.2, -0.15) is 11.3 Å². The van der Waals surface area contributed by atoms with Crippen LogP contribution in [-0.4, -0.2) is 23.2 Å². The zero-order valence-corrected chi connectivity index (χ0v) is 38.1. The van der Waals surface area contributed by atoms with Gasteiger partial charge in [-0.05, 0) is 44.8 Å². The largest absolute Gasteiger partial charge is 0.305 e. The molecule has 56 heavy (non-hydrogen) atoms. The van der Waals surface area contributed by atoms with E-state index < -0.39 is 25.1 Å². The molecule has 0 saturated carbocycles. The molecule has 6 heteroatoms. The number of benzene rings is 5. The predicted octanol–water partition coefficient (Wildman–Crippen LogP) is 13.1. The molecule has 3 nitrogen and oxygen atoms in total. The zero-order chi connectivity index (χ0) is 40.5. The van der Waals surface area contributed by atoms with Crippen LogP contribution in [0.3, 0.4) is 0 Å². The molecule has 0 bridgehead atoms. The van der Waals surface area contributed by atoms with E-state index in [4.69, 9.17) is 7.73 Å². The third kappa shape index (κ3) is 9.29. The van der Waals surface area contributed by atoms with Crippen LogP contribution in [0.15, 0.2) is 134 Å². The van der Waals surface area contributed by atoms with Gasteiger partial charge < -0.3 is 4.98 Å². The Morgan fingerprint density at radius 1 is 0.750 bits per heavy atom. The van der Waals surface area contributed by atoms with Crippen LogP contribution in [0.1, 0.15) is 40.2 Å². The molecule has 3 heterocycles. The molecule has 0 N–H and O–H groups in total. The summed E-state index contributed by atoms with van der Waals surface area (Å²) in [5.74, 6) is 7.14. The van der Waals surface area contributed by atoms with Gasteiger partial charge in [0.15, 0.2) is 0 Å². The number of hydrogen-bond donors (Lipinski definition) is 0. The minimum atomic E-state index is -1.91. The summed E-state index contributed by atoms with van der Waals surface area (Å²) in [7, 11) is 0. The van der Waals surface area contributed by atoms with Crippen molar-refractivity contribution in [1.29, 1.82) is 5.26 Å². The molecule has 281 valence electrons. The zero-order valence-electron chi connectivity index (χ0n) is 34.8. The molecule has 0 fully saturated rings. The number of nitrogens with zero attached hydrogens (tertiary/aromatic N) is 3. The van der Waals surface area contributed by atoms with E-state index in [0.717, 1.165) is 33.6 Å². The molecule has 0 aliphatic rings. The first-order valence-electron chi connectivity index (χ1n) is 19.5. The number of pyridine rings is 2. The quantitative estimate of drug-likeness (QED) is 0.123. The Labute approximate surface area is 355 Å². The van der Waals surface area contributed by atoms with Gasteiger partial charge in [0, 0.05) is 33.7 Å². The van der Waals surface area contributed by atoms with Gasteiger partial charge in [0.1, 0.15) is 0 Å². The maximum atomic E-state index is 9.43. The number of aromatic nitrogens is 2. The van der Waals surface area contributed by atoms with Crippen molar-refractivity contribution in [2.75, 3.05) is 0 Å². The topological polar surface area (TPSA) is 49.6 Å². The number of hydrogen-bond acceptors (Lipinski definition) is 4. The van der Waals surface area contributed by atoms with Gasteiger partial charge in [0.25, 0.3) is 0 Å². The Morgan fingerprint density at radius 3 is 2.04 bits per heavy atom. The second-order valence-corrected chi connectivity index (χ2v) is 27.5. The molecule has 8 aromatic rings. The van der Waals surface area contributed by atoms with Crippen molar-refractivity contribution in [2.24, 2.45) is 5.41 Å². The predicted molar refractivity (Wildman–Crippen MR) is 236 cm³/mol. The van der Waals surface area contributed by atoms with Crippen LogP contribution in [-0.2, 0) is 26.5 Å². The van der Waals surface area contributed by atoms with Crippen LogP contribution < -0.4 is 4.40 Å². The summed E-state index contributed by atoms with van der Waals surface area (Å²) in [4.78, 5) is 9.25. The molecule has 0 amide bonds. The average Bonchev–Trinajstić information content (AvgIpc) is 3.59. The van der Waals surface area contributed by atoms with Crippen molar-refractivity contribution >= 4 is 49.2 Å². The van der Waals surface area contributed by atoms with Gasteiger partial charge in [-0.3, -0.25) is 0 Å². The van der Waals surface area contributed by atoms with Crippen LogP contribution in [0.5, 0.6) is 0 Å². The SMILES string of the molecule is Cc1cc(-c2[c-]cc(C#N)c(-c3ccccc3)c2)nc[c]1[Ge]([CH3])([CH3])[CH3].[2H]C([2H])(c1ccnc(-c2[c-]cc3sc4c(-c5ccccc5)cccc4c3c2)c1)C(C)(C)C.[Ir]. The molecule has 0 aliphatic carbocycles. The van der Waals surface area contributed by atoms with Gasteiger partial charge in [-0.15, -0.1) is 23.8 Å². The van der Waals surface area contributed by atoms with E-state index in [9.17, 15) is 5.26 Å². The molecule has 0 saturated heterocycles. The Hall–Kier alpha value is -4.70. The standard InChI is InChI=1S/C28H24NS.C22H21GeN2.Ir/c1-28(2,3)18-19-14-15-29-25(16-19)21-12-13-26-24(17-21)23-11-7-10-22(27(23)30-26)20-8-5-4-6-9-20;1-16-12-22(25-15-21(16)23(2,3)4)18-10-11-19(14-24)20(13-18)17-8-6-5-7-9-17;/h4-11,13-17H,18H2,1-3H3;5-9,11-13,15H,1-4H3;/q2*-1;/i18D2;;. The number of rotatable bonds is 6. The van der Waals surface area contributed by atoms with Crippen molar-refractivity contribution in [2.45, 2.75) is 51.3 Å². The van der Waals surface area contributed by atoms with Crippen molar-refractivity contribution in [3.63, 3.8) is 0 Å². The van der Waals surface area contributed by atoms with Crippen molar-refractivity contribution in [3.8, 4) is 50.8 Å². The van der Waals surface area contributed by atoms with Gasteiger partial charge in [0.2, 0.25) is 0 Å². The molecule has 1 radical (unpaired) electrons. The van der Waals surface area contributed by atoms with Crippen molar-refractivity contribution < 1.29 is 22.8 Å². The van der Waals surface area contributed by atoms with Crippen LogP contribution >= 0.6 is 11.3 Å². The van der Waals surface area contributed by atoms with Gasteiger partial charge in [-0.1, -0.05) is 86.3 Å². The minimum absolute atomic E-state index is 0. The molecule has 8 rings (SSSR count). The second-order valence-electron chi connectivity index (χ2n) is 15.9. The van der Waals surface area contributed by atoms with Crippen LogP contribution in [0, 0.1) is 35.8 Å². The first-order valence-corrected chi connectivity index (χ1v) is 26.7. The summed E-state index contributed by atoms with van der Waals surface area (Å²) in [6, 6.07) is 49.6. The minimum Gasteiger partial charge on any atom is -0.305 e. The number of nitriles is 1. The number of thiophene rings is 1. The summed E-state index contributed by atoms with van der Waals surface area (Å²) in [5, 5.41) is 11.8. The van der Waals surface area contributed by atoms with E-state index in [0.29, 0.717) is 11.1 Å². The fourth-order valence-corrected chi connectivity index (χ4v) is 11.7. The average molecular weight is 987 g/mol. The normalized spacial score (nSPS) is 12.2. The number of fused-ring (bicyclic) bond motifs is 3. The molecular weight excluding hydrogens is 939 g/mol. The summed E-state index contributed by atoms with van der Waals surface area (Å²) in [5.41, 5.74) is 9.94. The molecular formula is C50H45GeIrN3S-2. The maximum absolute atomic E-state index is 9.43. The summed E-state index contributed by atoms with van der Waals surface area (Å²) >= 11 is -0.122. The van der Waals surface area contributed by atoms with Crippen molar-refractivity contribution in [3.05, 3.63) is 163 Å². The third-order valence-corrected chi connectivity index (χ3v) is 15.1. The monoisotopic (exact) mass is 988 g/mol. The Bertz CT molecular complexity index is 2760. The van der Waals surface area contributed by atoms with E-state index in [1.54, 1.807) is 29.7 Å². The fourth-order valence-electron chi connectivity index (χ4n) is 6.90. The molecule has 0 unspecified atom stereocenters. The van der Waals surface area contributed by atoms with E-state index in [1.807, 2.05) is 81.6 Å². The summed E-state index contributed by atoms with van der Waals surface area (Å²) in [6.45, 7) is 7.94. The first kappa shape index (κ1) is 38.2. The number of aryl methyl sites for hydroxylation is 1. The smallest absolute Gasteiger partial charge is 0.0321 e. The summed E-state index contributed by atoms with van der Waals surface area (Å²) in [6.07, 6.45) is 2.28. The van der Waals surface area contributed by atoms with E-state index in [-0.39, 0.29) is 20.1 Å². The van der Waals surface area contributed by atoms with Crippen LogP contribution in [0.2, 0.25) is 17.3 Å². The third-order valence-electron chi connectivity index (χ3n) is 9.42. The fraction of sp³-hybridized carbons (Fsp3) is 0.180. The van der Waals surface area contributed by atoms with Gasteiger partial charge in [0.05, 0.1) is 0 Å². The van der Waals surface area contributed by atoms with E-state index >= 15 is 0 Å². The summed E-state index contributed by atoms with van der Waals surface area (Å²) < 4.78 is 21.1. The Morgan fingerprint density at radius 2 is 1.39 bits per heavy atom. The molecule has 5 aromatic carbocycles. The Balaban J connectivity index is 0.000000198. The molecule has 3 aromatic heterocycles. The molecule has 0 aliphatic heterocycles. The second kappa shape index (κ2) is 17.2. The Kier molecular flexibility index (Phi) is 11.7. The van der Waals surface area contributed by atoms with Gasteiger partial charge >= 0.3 is 152 Å².